The summed E-state index contributed by atoms with van der Waals surface area (Å²) in [4.78, 5) is 12.5. The van der Waals surface area contributed by atoms with Gasteiger partial charge in [0.15, 0.2) is 0 Å². The maximum atomic E-state index is 12.5. The molecule has 1 aliphatic rings. The van der Waals surface area contributed by atoms with Gasteiger partial charge in [-0.05, 0) is 18.0 Å². The lowest BCUT2D eigenvalue weighted by atomic mass is 10.0. The molecule has 2 aromatic rings. The van der Waals surface area contributed by atoms with Crippen LogP contribution < -0.4 is 10.6 Å². The van der Waals surface area contributed by atoms with Crippen LogP contribution in [0, 0.1) is 5.92 Å². The molecule has 2 aromatic carbocycles. The van der Waals surface area contributed by atoms with Crippen LogP contribution in [0.15, 0.2) is 42.5 Å². The first-order chi connectivity index (χ1) is 10.3. The second kappa shape index (κ2) is 6.24. The summed E-state index contributed by atoms with van der Waals surface area (Å²) in [6.07, 6.45) is 0. The summed E-state index contributed by atoms with van der Waals surface area (Å²) in [5.41, 5.74) is 0.861. The molecule has 2 atom stereocenters. The number of rotatable bonds is 4. The van der Waals surface area contributed by atoms with Crippen LogP contribution in [0.1, 0.15) is 6.92 Å². The van der Waals surface area contributed by atoms with Gasteiger partial charge >= 0.3 is 0 Å². The number of likely N-dealkylation sites (N-methyl/N-ethyl adjacent to an activating group) is 1. The first kappa shape index (κ1) is 14.0. The lowest BCUT2D eigenvalue weighted by molar-refractivity contribution is -0.120. The maximum absolute atomic E-state index is 12.5. The number of nitrogens with one attached hydrogen (secondary N) is 2. The van der Waals surface area contributed by atoms with Crippen molar-refractivity contribution in [2.24, 2.45) is 5.92 Å². The van der Waals surface area contributed by atoms with E-state index < -0.39 is 0 Å². The minimum Gasteiger partial charge on any atom is -0.379 e. The van der Waals surface area contributed by atoms with E-state index in [2.05, 4.69) is 10.6 Å². The van der Waals surface area contributed by atoms with Crippen molar-refractivity contribution < 1.29 is 9.53 Å². The Kier molecular flexibility index (Phi) is 4.18. The number of hydrogen-bond donors (Lipinski definition) is 2. The van der Waals surface area contributed by atoms with E-state index in [0.29, 0.717) is 13.2 Å². The molecule has 1 aliphatic heterocycles. The Labute approximate surface area is 124 Å². The summed E-state index contributed by atoms with van der Waals surface area (Å²) >= 11 is 0. The van der Waals surface area contributed by atoms with Crippen molar-refractivity contribution in [3.63, 3.8) is 0 Å². The normalized spacial score (nSPS) is 21.6. The molecule has 1 amide bonds. The quantitative estimate of drug-likeness (QED) is 0.906. The van der Waals surface area contributed by atoms with Gasteiger partial charge in [0.05, 0.1) is 19.1 Å². The van der Waals surface area contributed by atoms with Gasteiger partial charge < -0.3 is 15.4 Å². The summed E-state index contributed by atoms with van der Waals surface area (Å²) in [6.45, 7) is 3.96. The number of ether oxygens (including phenoxy) is 1. The Morgan fingerprint density at radius 2 is 2.00 bits per heavy atom. The van der Waals surface area contributed by atoms with E-state index in [-0.39, 0.29) is 17.9 Å². The third-order valence-electron chi connectivity index (χ3n) is 3.93. The second-order valence-electron chi connectivity index (χ2n) is 5.32. The summed E-state index contributed by atoms with van der Waals surface area (Å²) < 4.78 is 5.45. The Hall–Kier alpha value is -1.91. The molecule has 21 heavy (non-hydrogen) atoms. The number of fused-ring (bicyclic) bond motifs is 1. The average Bonchev–Trinajstić information content (AvgIpc) is 2.96. The summed E-state index contributed by atoms with van der Waals surface area (Å²) in [5, 5.41) is 8.56. The molecule has 110 valence electrons. The van der Waals surface area contributed by atoms with E-state index in [1.165, 1.54) is 0 Å². The summed E-state index contributed by atoms with van der Waals surface area (Å²) in [6, 6.07) is 14.1. The average molecular weight is 284 g/mol. The molecule has 2 N–H and O–H groups in total. The minimum absolute atomic E-state index is 0.0230. The van der Waals surface area contributed by atoms with E-state index in [4.69, 9.17) is 4.74 Å². The molecule has 1 saturated heterocycles. The fourth-order valence-corrected chi connectivity index (χ4v) is 2.84. The molecular weight excluding hydrogens is 264 g/mol. The van der Waals surface area contributed by atoms with Gasteiger partial charge in [0, 0.05) is 17.1 Å². The van der Waals surface area contributed by atoms with Crippen LogP contribution in [0.25, 0.3) is 10.8 Å². The molecule has 1 heterocycles. The maximum Gasteiger partial charge on any atom is 0.231 e. The first-order valence-corrected chi connectivity index (χ1v) is 7.39. The highest BCUT2D eigenvalue weighted by Crippen LogP contribution is 2.24. The largest absolute Gasteiger partial charge is 0.379 e. The van der Waals surface area contributed by atoms with Crippen LogP contribution in [0.5, 0.6) is 0 Å². The predicted octanol–water partition coefficient (Wildman–Crippen LogP) is 2.40. The smallest absolute Gasteiger partial charge is 0.231 e. The lowest BCUT2D eigenvalue weighted by Gasteiger charge is -2.18. The molecule has 4 nitrogen and oxygen atoms in total. The molecule has 0 radical (unpaired) electrons. The third kappa shape index (κ3) is 2.91. The fraction of sp³-hybridized carbons (Fsp3) is 0.353. The van der Waals surface area contributed by atoms with Crippen LogP contribution in [-0.2, 0) is 9.53 Å². The second-order valence-corrected chi connectivity index (χ2v) is 5.32. The number of carbonyl (C=O) groups is 1. The van der Waals surface area contributed by atoms with E-state index in [1.54, 1.807) is 0 Å². The number of anilines is 1. The summed E-state index contributed by atoms with van der Waals surface area (Å²) in [5.74, 6) is -0.112. The zero-order valence-electron chi connectivity index (χ0n) is 12.1. The van der Waals surface area contributed by atoms with Gasteiger partial charge in [-0.15, -0.1) is 0 Å². The van der Waals surface area contributed by atoms with Crippen molar-refractivity contribution in [1.29, 1.82) is 0 Å². The van der Waals surface area contributed by atoms with Gasteiger partial charge in [0.2, 0.25) is 5.91 Å². The van der Waals surface area contributed by atoms with Crippen molar-refractivity contribution in [2.75, 3.05) is 25.1 Å². The standard InChI is InChI=1S/C17H20N2O2/c1-2-18-16-11-21-10-14(16)17(20)19-15-9-5-7-12-6-3-4-8-13(12)15/h3-9,14,16,18H,2,10-11H2,1H3,(H,19,20). The van der Waals surface area contributed by atoms with E-state index >= 15 is 0 Å². The van der Waals surface area contributed by atoms with Gasteiger partial charge in [-0.1, -0.05) is 43.3 Å². The number of carbonyl (C=O) groups excluding carboxylic acids is 1. The molecule has 0 aromatic heterocycles. The molecule has 0 aliphatic carbocycles. The molecule has 3 rings (SSSR count). The highest BCUT2D eigenvalue weighted by molar-refractivity contribution is 6.03. The van der Waals surface area contributed by atoms with Gasteiger partial charge in [-0.2, -0.15) is 0 Å². The number of benzene rings is 2. The van der Waals surface area contributed by atoms with Gasteiger partial charge in [0.25, 0.3) is 0 Å². The molecule has 2 unspecified atom stereocenters. The summed E-state index contributed by atoms with van der Waals surface area (Å²) in [7, 11) is 0. The zero-order chi connectivity index (χ0) is 14.7. The van der Waals surface area contributed by atoms with Crippen molar-refractivity contribution in [3.8, 4) is 0 Å². The molecule has 0 bridgehead atoms. The molecule has 0 saturated carbocycles. The Morgan fingerprint density at radius 1 is 1.19 bits per heavy atom. The minimum atomic E-state index is -0.135. The van der Waals surface area contributed by atoms with Crippen molar-refractivity contribution >= 4 is 22.4 Å². The van der Waals surface area contributed by atoms with Crippen molar-refractivity contribution in [1.82, 2.24) is 5.32 Å². The first-order valence-electron chi connectivity index (χ1n) is 7.39. The van der Waals surface area contributed by atoms with Gasteiger partial charge in [0.1, 0.15) is 0 Å². The van der Waals surface area contributed by atoms with Gasteiger partial charge in [-0.25, -0.2) is 0 Å². The van der Waals surface area contributed by atoms with Crippen LogP contribution in [-0.4, -0.2) is 31.7 Å². The topological polar surface area (TPSA) is 50.4 Å². The fourth-order valence-electron chi connectivity index (χ4n) is 2.84. The zero-order valence-corrected chi connectivity index (χ0v) is 12.1. The molecule has 4 heteroatoms. The van der Waals surface area contributed by atoms with E-state index in [0.717, 1.165) is 23.0 Å². The Balaban J connectivity index is 1.80. The van der Waals surface area contributed by atoms with Gasteiger partial charge in [-0.3, -0.25) is 4.79 Å². The monoisotopic (exact) mass is 284 g/mol. The number of amides is 1. The molecular formula is C17H20N2O2. The Bertz CT molecular complexity index is 636. The SMILES string of the molecule is CCNC1COCC1C(=O)Nc1cccc2ccccc12. The van der Waals surface area contributed by atoms with Crippen LogP contribution >= 0.6 is 0 Å². The predicted molar refractivity (Wildman–Crippen MR) is 84.4 cm³/mol. The Morgan fingerprint density at radius 3 is 2.86 bits per heavy atom. The van der Waals surface area contributed by atoms with E-state index in [9.17, 15) is 4.79 Å². The number of hydrogen-bond acceptors (Lipinski definition) is 3. The molecule has 1 fully saturated rings. The van der Waals surface area contributed by atoms with Crippen LogP contribution in [0.3, 0.4) is 0 Å². The van der Waals surface area contributed by atoms with E-state index in [1.807, 2.05) is 49.4 Å². The van der Waals surface area contributed by atoms with Crippen molar-refractivity contribution in [3.05, 3.63) is 42.5 Å². The van der Waals surface area contributed by atoms with Crippen LogP contribution in [0.4, 0.5) is 5.69 Å². The van der Waals surface area contributed by atoms with Crippen molar-refractivity contribution in [2.45, 2.75) is 13.0 Å². The lowest BCUT2D eigenvalue weighted by Crippen LogP contribution is -2.41. The highest BCUT2D eigenvalue weighted by Gasteiger charge is 2.33. The van der Waals surface area contributed by atoms with Crippen LogP contribution in [0.2, 0.25) is 0 Å². The molecule has 0 spiro atoms. The highest BCUT2D eigenvalue weighted by atomic mass is 16.5. The third-order valence-corrected chi connectivity index (χ3v) is 3.93.